The number of ketones is 1. The van der Waals surface area contributed by atoms with Crippen LogP contribution < -0.4 is 15.0 Å². The van der Waals surface area contributed by atoms with Crippen molar-refractivity contribution in [3.8, 4) is 17.2 Å². The van der Waals surface area contributed by atoms with E-state index in [0.29, 0.717) is 5.69 Å². The number of methoxy groups -OCH3 is 1. The number of nitrogens with zero attached hydrogens (tertiary/aromatic N) is 1. The van der Waals surface area contributed by atoms with Crippen molar-refractivity contribution in [1.29, 1.82) is 0 Å². The van der Waals surface area contributed by atoms with Gasteiger partial charge in [-0.15, -0.1) is 13.2 Å². The van der Waals surface area contributed by atoms with Crippen LogP contribution in [-0.4, -0.2) is 88.5 Å². The summed E-state index contributed by atoms with van der Waals surface area (Å²) in [7, 11) is 1.46. The first kappa shape index (κ1) is 43.6. The van der Waals surface area contributed by atoms with E-state index in [1.165, 1.54) is 46.3 Å². The lowest BCUT2D eigenvalue weighted by atomic mass is 9.78. The van der Waals surface area contributed by atoms with Crippen LogP contribution in [0.2, 0.25) is 0 Å². The van der Waals surface area contributed by atoms with E-state index in [4.69, 9.17) is 18.9 Å². The van der Waals surface area contributed by atoms with Crippen LogP contribution in [0.25, 0.3) is 10.8 Å². The molecule has 5 rings (SSSR count). The molecule has 5 bridgehead atoms. The van der Waals surface area contributed by atoms with Gasteiger partial charge in [-0.3, -0.25) is 14.4 Å². The molecule has 0 saturated carbocycles. The molecule has 2 aromatic carbocycles. The fourth-order valence-electron chi connectivity index (χ4n) is 7.48. The van der Waals surface area contributed by atoms with Crippen LogP contribution in [0.4, 0.5) is 11.4 Å². The molecule has 9 unspecified atom stereocenters. The highest BCUT2D eigenvalue weighted by molar-refractivity contribution is 6.23. The van der Waals surface area contributed by atoms with Crippen LogP contribution in [0.15, 0.2) is 67.5 Å². The summed E-state index contributed by atoms with van der Waals surface area (Å²) in [6.45, 7) is 21.1. The Balaban J connectivity index is 1.98. The van der Waals surface area contributed by atoms with Crippen LogP contribution in [0.3, 0.4) is 0 Å². The first-order chi connectivity index (χ1) is 26.3. The van der Waals surface area contributed by atoms with Gasteiger partial charge in [0.1, 0.15) is 17.6 Å². The van der Waals surface area contributed by atoms with Crippen molar-refractivity contribution in [1.82, 2.24) is 0 Å². The number of benzene rings is 2. The summed E-state index contributed by atoms with van der Waals surface area (Å²) in [4.78, 5) is 42.2. The van der Waals surface area contributed by atoms with E-state index >= 15 is 0 Å². The topological polar surface area (TPSA) is 184 Å². The van der Waals surface area contributed by atoms with E-state index in [1.54, 1.807) is 69.9 Å². The summed E-state index contributed by atoms with van der Waals surface area (Å²) < 4.78 is 23.8. The van der Waals surface area contributed by atoms with Gasteiger partial charge in [0.15, 0.2) is 5.75 Å². The van der Waals surface area contributed by atoms with E-state index in [9.17, 15) is 34.8 Å². The van der Waals surface area contributed by atoms with Gasteiger partial charge in [-0.2, -0.15) is 0 Å². The second-order valence-electron chi connectivity index (χ2n) is 14.9. The molecule has 3 heterocycles. The second-order valence-corrected chi connectivity index (χ2v) is 14.9. The Hall–Kier alpha value is -5.11. The number of phenols is 2. The quantitative estimate of drug-likeness (QED) is 0.122. The fraction of sp³-hybridized carbons (Fsp3) is 0.465. The number of phenolic OH excluding ortho intramolecular Hbond substituents is 2. The van der Waals surface area contributed by atoms with E-state index in [0.717, 1.165) is 0 Å². The van der Waals surface area contributed by atoms with Gasteiger partial charge < -0.3 is 49.6 Å². The van der Waals surface area contributed by atoms with Gasteiger partial charge in [0, 0.05) is 79.9 Å². The van der Waals surface area contributed by atoms with Gasteiger partial charge in [0.05, 0.1) is 41.2 Å². The first-order valence-electron chi connectivity index (χ1n) is 18.7. The molecule has 13 nitrogen and oxygen atoms in total. The number of hydrogen-bond donors (Lipinski definition) is 5. The molecule has 0 aromatic heterocycles. The lowest BCUT2D eigenvalue weighted by molar-refractivity contribution is -0.160. The number of nitrogens with one attached hydrogen (secondary N) is 1. The Kier molecular flexibility index (Phi) is 13.8. The minimum atomic E-state index is -1.95. The molecular weight excluding hydrogens is 720 g/mol. The largest absolute Gasteiger partial charge is 0.507 e. The third-order valence-electron chi connectivity index (χ3n) is 10.9. The molecule has 0 aliphatic carbocycles. The number of aliphatic hydroxyl groups is 2. The maximum atomic E-state index is 14.5. The minimum absolute atomic E-state index is 0.0303. The average Bonchev–Trinajstić information content (AvgIpc) is 3.42. The van der Waals surface area contributed by atoms with Crippen molar-refractivity contribution in [3.63, 3.8) is 0 Å². The van der Waals surface area contributed by atoms with Crippen LogP contribution in [-0.2, 0) is 23.8 Å². The Labute approximate surface area is 328 Å². The van der Waals surface area contributed by atoms with Gasteiger partial charge in [0.25, 0.3) is 11.7 Å². The number of aliphatic hydroxyl groups excluding tert-OH is 2. The molecule has 304 valence electrons. The smallest absolute Gasteiger partial charge is 0.312 e. The highest BCUT2D eigenvalue weighted by Crippen LogP contribution is 2.54. The van der Waals surface area contributed by atoms with E-state index in [-0.39, 0.29) is 57.7 Å². The SMILES string of the molecule is C=CCN(CC=C)c1cc2c(O)c3c(O)c(C)c4c(c13)C(=O)C(C)(O/C=C\C(OC)C(C)C(OC(C)=O)C(C)C(O)C(C)C(O)C(C)/C=C\C=C(\C)C(=O)N2)O4. The summed E-state index contributed by atoms with van der Waals surface area (Å²) in [5.74, 6) is -6.87. The minimum Gasteiger partial charge on any atom is -0.507 e. The van der Waals surface area contributed by atoms with Crippen molar-refractivity contribution in [3.05, 3.63) is 78.6 Å². The number of anilines is 2. The fourth-order valence-corrected chi connectivity index (χ4v) is 7.48. The maximum absolute atomic E-state index is 14.5. The van der Waals surface area contributed by atoms with Crippen LogP contribution in [0.1, 0.15) is 64.4 Å². The van der Waals surface area contributed by atoms with Crippen molar-refractivity contribution >= 4 is 39.8 Å². The summed E-state index contributed by atoms with van der Waals surface area (Å²) >= 11 is 0. The standard InChI is InChI=1S/C43H56N2O11/c1-12-18-45(19-13-2)30-21-29-38(50)33-32(30)34-40(27(8)37(33)49)56-43(10,41(34)51)54-20-17-31(53-11)24(5)39(55-28(9)46)26(7)36(48)25(6)35(47)22(3)15-14-16-23(4)42(52)44-29/h12-17,20-22,24-26,31,35-36,39,47-50H,1-2,18-19H2,3-11H3,(H,44,52)/b15-14-,20-17-,23-16-. The van der Waals surface area contributed by atoms with Gasteiger partial charge in [-0.25, -0.2) is 0 Å². The number of carbonyl (C=O) groups is 3. The van der Waals surface area contributed by atoms with Gasteiger partial charge in [-0.05, 0) is 26.0 Å². The molecule has 0 saturated heterocycles. The Morgan fingerprint density at radius 1 is 0.982 bits per heavy atom. The molecule has 1 amide bonds. The number of carbonyl (C=O) groups excluding carboxylic acids is 3. The first-order valence-corrected chi connectivity index (χ1v) is 18.7. The highest BCUT2D eigenvalue weighted by Gasteiger charge is 2.49. The molecule has 56 heavy (non-hydrogen) atoms. The number of amides is 1. The van der Waals surface area contributed by atoms with Gasteiger partial charge >= 0.3 is 11.8 Å². The zero-order valence-electron chi connectivity index (χ0n) is 33.7. The Bertz CT molecular complexity index is 1940. The Morgan fingerprint density at radius 2 is 1.62 bits per heavy atom. The monoisotopic (exact) mass is 776 g/mol. The van der Waals surface area contributed by atoms with E-state index in [1.807, 2.05) is 0 Å². The van der Waals surface area contributed by atoms with Crippen molar-refractivity contribution < 1.29 is 53.8 Å². The lowest BCUT2D eigenvalue weighted by Crippen LogP contribution is -2.46. The summed E-state index contributed by atoms with van der Waals surface area (Å²) in [6, 6.07) is 1.51. The van der Waals surface area contributed by atoms with Gasteiger partial charge in [0.2, 0.25) is 0 Å². The third-order valence-corrected chi connectivity index (χ3v) is 10.9. The molecule has 0 radical (unpaired) electrons. The number of allylic oxidation sites excluding steroid dienone is 2. The number of rotatable bonds is 7. The predicted octanol–water partition coefficient (Wildman–Crippen LogP) is 6.23. The van der Waals surface area contributed by atoms with E-state index in [2.05, 4.69) is 18.5 Å². The average molecular weight is 777 g/mol. The normalized spacial score (nSPS) is 30.7. The highest BCUT2D eigenvalue weighted by atomic mass is 16.7. The zero-order valence-corrected chi connectivity index (χ0v) is 33.7. The summed E-state index contributed by atoms with van der Waals surface area (Å²) in [6.07, 6.45) is 7.17. The molecule has 0 fully saturated rings. The van der Waals surface area contributed by atoms with Crippen LogP contribution >= 0.6 is 0 Å². The number of ether oxygens (including phenoxy) is 4. The molecular formula is C43H56N2O11. The van der Waals surface area contributed by atoms with E-state index < -0.39 is 77.3 Å². The van der Waals surface area contributed by atoms with Crippen molar-refractivity contribution in [2.24, 2.45) is 23.7 Å². The molecule has 0 spiro atoms. The zero-order chi connectivity index (χ0) is 41.8. The lowest BCUT2D eigenvalue weighted by Gasteiger charge is -2.38. The number of esters is 1. The third kappa shape index (κ3) is 8.49. The molecule has 2 aromatic rings. The summed E-state index contributed by atoms with van der Waals surface area (Å²) in [5.41, 5.74) is 0.780. The molecule has 9 atom stereocenters. The molecule has 13 heteroatoms. The summed E-state index contributed by atoms with van der Waals surface area (Å²) in [5, 5.41) is 49.0. The number of fused-ring (bicyclic) bond motifs is 14. The van der Waals surface area contributed by atoms with Crippen molar-refractivity contribution in [2.75, 3.05) is 30.4 Å². The number of Topliss-reactive ketones (excluding diaryl/α,β-unsaturated/α-hetero) is 1. The van der Waals surface area contributed by atoms with Gasteiger partial charge in [-0.1, -0.05) is 58.1 Å². The second kappa shape index (κ2) is 17.8. The number of hydrogen-bond acceptors (Lipinski definition) is 12. The number of aromatic hydroxyl groups is 2. The molecule has 3 aliphatic heterocycles. The molecule has 5 N–H and O–H groups in total. The Morgan fingerprint density at radius 3 is 2.21 bits per heavy atom. The molecule has 3 aliphatic rings. The van der Waals surface area contributed by atoms with Crippen LogP contribution in [0, 0.1) is 30.6 Å². The van der Waals surface area contributed by atoms with Crippen LogP contribution in [0.5, 0.6) is 17.2 Å². The maximum Gasteiger partial charge on any atom is 0.312 e. The van der Waals surface area contributed by atoms with Crippen molar-refractivity contribution in [2.45, 2.75) is 85.6 Å². The predicted molar refractivity (Wildman–Crippen MR) is 215 cm³/mol.